The monoisotopic (exact) mass is 328 g/mol. The van der Waals surface area contributed by atoms with Crippen LogP contribution in [0.2, 0.25) is 5.02 Å². The summed E-state index contributed by atoms with van der Waals surface area (Å²) in [5.74, 6) is -3.28. The standard InChI is InChI=1S/C16H15ClF2O3/c1-22-13-8-4-11(5-9-13)15(21)16(18,19)14(20)10-2-6-12(17)7-3-10/h2-9,14-15,20-21H,1H3. The van der Waals surface area contributed by atoms with Gasteiger partial charge in [0.1, 0.15) is 18.0 Å². The Morgan fingerprint density at radius 2 is 1.32 bits per heavy atom. The second kappa shape index (κ2) is 6.60. The summed E-state index contributed by atoms with van der Waals surface area (Å²) in [4.78, 5) is 0. The molecule has 0 fully saturated rings. The van der Waals surface area contributed by atoms with Crippen molar-refractivity contribution in [1.29, 1.82) is 0 Å². The van der Waals surface area contributed by atoms with Crippen molar-refractivity contribution in [3.05, 3.63) is 64.7 Å². The third-order valence-corrected chi connectivity index (χ3v) is 3.60. The number of halogens is 3. The van der Waals surface area contributed by atoms with Crippen LogP contribution in [0.25, 0.3) is 0 Å². The molecule has 0 radical (unpaired) electrons. The molecule has 0 bridgehead atoms. The molecular weight excluding hydrogens is 314 g/mol. The number of hydrogen-bond acceptors (Lipinski definition) is 3. The number of methoxy groups -OCH3 is 1. The van der Waals surface area contributed by atoms with Crippen molar-refractivity contribution in [2.24, 2.45) is 0 Å². The number of rotatable bonds is 5. The first kappa shape index (κ1) is 16.7. The van der Waals surface area contributed by atoms with Crippen LogP contribution in [0.15, 0.2) is 48.5 Å². The van der Waals surface area contributed by atoms with E-state index in [0.717, 1.165) is 0 Å². The van der Waals surface area contributed by atoms with Crippen LogP contribution in [-0.4, -0.2) is 23.2 Å². The minimum Gasteiger partial charge on any atom is -0.497 e. The molecule has 2 aromatic carbocycles. The van der Waals surface area contributed by atoms with Gasteiger partial charge in [-0.1, -0.05) is 35.9 Å². The van der Waals surface area contributed by atoms with Crippen molar-refractivity contribution in [2.45, 2.75) is 18.1 Å². The van der Waals surface area contributed by atoms with Crippen molar-refractivity contribution in [1.82, 2.24) is 0 Å². The van der Waals surface area contributed by atoms with Gasteiger partial charge in [-0.3, -0.25) is 0 Å². The first-order valence-electron chi connectivity index (χ1n) is 6.49. The fraction of sp³-hybridized carbons (Fsp3) is 0.250. The lowest BCUT2D eigenvalue weighted by molar-refractivity contribution is -0.181. The molecule has 2 rings (SSSR count). The van der Waals surface area contributed by atoms with Crippen LogP contribution in [0.5, 0.6) is 5.75 Å². The Hall–Kier alpha value is -1.69. The van der Waals surface area contributed by atoms with Crippen molar-refractivity contribution in [2.75, 3.05) is 7.11 Å². The van der Waals surface area contributed by atoms with Gasteiger partial charge < -0.3 is 14.9 Å². The largest absolute Gasteiger partial charge is 0.497 e. The smallest absolute Gasteiger partial charge is 0.306 e. The Kier molecular flexibility index (Phi) is 5.01. The Balaban J connectivity index is 2.24. The molecule has 0 heterocycles. The third-order valence-electron chi connectivity index (χ3n) is 3.35. The van der Waals surface area contributed by atoms with E-state index in [-0.39, 0.29) is 11.1 Å². The predicted molar refractivity (Wildman–Crippen MR) is 79.3 cm³/mol. The second-order valence-corrected chi connectivity index (χ2v) is 5.24. The quantitative estimate of drug-likeness (QED) is 0.879. The van der Waals surface area contributed by atoms with Gasteiger partial charge in [0.15, 0.2) is 0 Å². The summed E-state index contributed by atoms with van der Waals surface area (Å²) in [6.07, 6.45) is -4.30. The van der Waals surface area contributed by atoms with Crippen LogP contribution in [0.3, 0.4) is 0 Å². The molecule has 3 nitrogen and oxygen atoms in total. The summed E-state index contributed by atoms with van der Waals surface area (Å²) in [6.45, 7) is 0. The molecule has 2 unspecified atom stereocenters. The van der Waals surface area contributed by atoms with Crippen molar-refractivity contribution < 1.29 is 23.7 Å². The van der Waals surface area contributed by atoms with Gasteiger partial charge in [0.05, 0.1) is 7.11 Å². The topological polar surface area (TPSA) is 49.7 Å². The van der Waals surface area contributed by atoms with Gasteiger partial charge in [-0.05, 0) is 35.4 Å². The van der Waals surface area contributed by atoms with Gasteiger partial charge in [0.25, 0.3) is 0 Å². The highest BCUT2D eigenvalue weighted by molar-refractivity contribution is 6.30. The Morgan fingerprint density at radius 1 is 0.909 bits per heavy atom. The van der Waals surface area contributed by atoms with Crippen molar-refractivity contribution in [3.63, 3.8) is 0 Å². The van der Waals surface area contributed by atoms with Gasteiger partial charge >= 0.3 is 5.92 Å². The van der Waals surface area contributed by atoms with Gasteiger partial charge in [-0.25, -0.2) is 8.78 Å². The van der Waals surface area contributed by atoms with Crippen molar-refractivity contribution in [3.8, 4) is 5.75 Å². The van der Waals surface area contributed by atoms with E-state index >= 15 is 0 Å². The van der Waals surface area contributed by atoms with Crippen LogP contribution in [-0.2, 0) is 0 Å². The first-order valence-corrected chi connectivity index (χ1v) is 6.87. The molecule has 0 saturated heterocycles. The van der Waals surface area contributed by atoms with Crippen LogP contribution in [0, 0.1) is 0 Å². The van der Waals surface area contributed by atoms with Gasteiger partial charge in [-0.2, -0.15) is 0 Å². The zero-order chi connectivity index (χ0) is 16.3. The van der Waals surface area contributed by atoms with Gasteiger partial charge in [-0.15, -0.1) is 0 Å². The molecule has 0 aromatic heterocycles. The molecule has 2 atom stereocenters. The maximum Gasteiger partial charge on any atom is 0.306 e. The van der Waals surface area contributed by atoms with E-state index in [4.69, 9.17) is 16.3 Å². The van der Waals surface area contributed by atoms with Crippen LogP contribution in [0.1, 0.15) is 23.3 Å². The second-order valence-electron chi connectivity index (χ2n) is 4.80. The average Bonchev–Trinajstić information content (AvgIpc) is 2.54. The molecule has 2 N–H and O–H groups in total. The molecule has 2 aromatic rings. The number of benzene rings is 2. The maximum atomic E-state index is 14.3. The van der Waals surface area contributed by atoms with Crippen LogP contribution < -0.4 is 4.74 Å². The highest BCUT2D eigenvalue weighted by atomic mass is 35.5. The van der Waals surface area contributed by atoms with Crippen LogP contribution in [0.4, 0.5) is 8.78 Å². The van der Waals surface area contributed by atoms with Crippen LogP contribution >= 0.6 is 11.6 Å². The fourth-order valence-electron chi connectivity index (χ4n) is 2.03. The van der Waals surface area contributed by atoms with E-state index in [2.05, 4.69) is 0 Å². The molecule has 0 saturated carbocycles. The molecule has 22 heavy (non-hydrogen) atoms. The minimum atomic E-state index is -3.76. The number of aliphatic hydroxyl groups excluding tert-OH is 2. The summed E-state index contributed by atoms with van der Waals surface area (Å²) in [5, 5.41) is 20.2. The lowest BCUT2D eigenvalue weighted by Crippen LogP contribution is -2.33. The molecule has 118 valence electrons. The molecule has 6 heteroatoms. The third kappa shape index (κ3) is 3.38. The zero-order valence-electron chi connectivity index (χ0n) is 11.7. The van der Waals surface area contributed by atoms with Gasteiger partial charge in [0.2, 0.25) is 0 Å². The lowest BCUT2D eigenvalue weighted by atomic mass is 9.95. The molecular formula is C16H15ClF2O3. The highest BCUT2D eigenvalue weighted by Crippen LogP contribution is 2.41. The highest BCUT2D eigenvalue weighted by Gasteiger charge is 2.47. The molecule has 0 spiro atoms. The van der Waals surface area contributed by atoms with Crippen molar-refractivity contribution >= 4 is 11.6 Å². The van der Waals surface area contributed by atoms with E-state index in [0.29, 0.717) is 10.8 Å². The van der Waals surface area contributed by atoms with E-state index in [9.17, 15) is 19.0 Å². The summed E-state index contributed by atoms with van der Waals surface area (Å²) in [5.41, 5.74) is -0.0409. The molecule has 0 aliphatic carbocycles. The molecule has 0 aliphatic rings. The number of aliphatic hydroxyl groups is 2. The number of alkyl halides is 2. The summed E-state index contributed by atoms with van der Waals surface area (Å²) in [7, 11) is 1.45. The number of hydrogen-bond donors (Lipinski definition) is 2. The zero-order valence-corrected chi connectivity index (χ0v) is 12.5. The normalized spacial score (nSPS) is 14.5. The van der Waals surface area contributed by atoms with E-state index in [1.165, 1.54) is 55.6 Å². The van der Waals surface area contributed by atoms with E-state index in [1.54, 1.807) is 0 Å². The Bertz CT molecular complexity index is 614. The maximum absolute atomic E-state index is 14.3. The summed E-state index contributed by atoms with van der Waals surface area (Å²) < 4.78 is 33.5. The molecule has 0 amide bonds. The Morgan fingerprint density at radius 3 is 1.73 bits per heavy atom. The Labute approximate surface area is 131 Å². The van der Waals surface area contributed by atoms with E-state index < -0.39 is 18.1 Å². The minimum absolute atomic E-state index is 0.0150. The molecule has 0 aliphatic heterocycles. The summed E-state index contributed by atoms with van der Waals surface area (Å²) in [6, 6.07) is 11.0. The predicted octanol–water partition coefficient (Wildman–Crippen LogP) is 3.75. The first-order chi connectivity index (χ1) is 10.4. The lowest BCUT2D eigenvalue weighted by Gasteiger charge is -2.28. The fourth-order valence-corrected chi connectivity index (χ4v) is 2.15. The number of ether oxygens (including phenoxy) is 1. The van der Waals surface area contributed by atoms with E-state index in [1.807, 2.05) is 0 Å². The summed E-state index contributed by atoms with van der Waals surface area (Å²) >= 11 is 5.69. The average molecular weight is 329 g/mol. The van der Waals surface area contributed by atoms with Gasteiger partial charge in [0, 0.05) is 5.02 Å². The SMILES string of the molecule is COc1ccc(C(O)C(F)(F)C(O)c2ccc(Cl)cc2)cc1.